The second kappa shape index (κ2) is 7.26. The first-order chi connectivity index (χ1) is 12.0. The summed E-state index contributed by atoms with van der Waals surface area (Å²) in [6, 6.07) is 9.67. The number of aryl methyl sites for hydroxylation is 1. The van der Waals surface area contributed by atoms with Crippen molar-refractivity contribution in [2.24, 2.45) is 0 Å². The molecule has 0 spiro atoms. The van der Waals surface area contributed by atoms with Gasteiger partial charge in [-0.05, 0) is 30.7 Å². The number of hydrogen-bond acceptors (Lipinski definition) is 5. The van der Waals surface area contributed by atoms with Gasteiger partial charge in [-0.3, -0.25) is 4.79 Å². The Kier molecular flexibility index (Phi) is 4.89. The number of amides is 1. The van der Waals surface area contributed by atoms with Gasteiger partial charge in [-0.25, -0.2) is 14.4 Å². The molecule has 3 rings (SSSR count). The van der Waals surface area contributed by atoms with E-state index in [1.807, 2.05) is 17.9 Å². The molecule has 0 radical (unpaired) electrons. The van der Waals surface area contributed by atoms with Gasteiger partial charge in [0.1, 0.15) is 17.6 Å². The van der Waals surface area contributed by atoms with E-state index >= 15 is 0 Å². The molecule has 0 unspecified atom stereocenters. The fourth-order valence-electron chi connectivity index (χ4n) is 2.80. The first-order valence-corrected chi connectivity index (χ1v) is 8.08. The lowest BCUT2D eigenvalue weighted by molar-refractivity contribution is -0.130. The molecule has 0 aliphatic carbocycles. The fraction of sp³-hybridized carbons (Fsp3) is 0.333. The normalized spacial score (nSPS) is 14.3. The zero-order valence-corrected chi connectivity index (χ0v) is 13.9. The number of halogens is 1. The molecule has 128 valence electrons. The van der Waals surface area contributed by atoms with Crippen LogP contribution in [0.2, 0.25) is 0 Å². The van der Waals surface area contributed by atoms with E-state index in [1.54, 1.807) is 23.1 Å². The van der Waals surface area contributed by atoms with E-state index in [2.05, 4.69) is 9.97 Å². The number of piperazine rings is 1. The van der Waals surface area contributed by atoms with Crippen LogP contribution in [0.1, 0.15) is 17.0 Å². The molecule has 0 saturated carbocycles. The molecular weight excluding hydrogens is 321 g/mol. The van der Waals surface area contributed by atoms with E-state index in [9.17, 15) is 9.18 Å². The fourth-order valence-corrected chi connectivity index (χ4v) is 2.80. The van der Waals surface area contributed by atoms with Crippen LogP contribution in [-0.4, -0.2) is 47.0 Å². The second-order valence-corrected chi connectivity index (χ2v) is 5.98. The van der Waals surface area contributed by atoms with Crippen LogP contribution in [0.15, 0.2) is 30.3 Å². The summed E-state index contributed by atoms with van der Waals surface area (Å²) in [7, 11) is 0. The second-order valence-electron chi connectivity index (χ2n) is 5.98. The Bertz CT molecular complexity index is 807. The third-order valence-electron chi connectivity index (χ3n) is 4.14. The molecule has 0 bridgehead atoms. The monoisotopic (exact) mass is 339 g/mol. The van der Waals surface area contributed by atoms with Gasteiger partial charge in [0.25, 0.3) is 0 Å². The van der Waals surface area contributed by atoms with Crippen molar-refractivity contribution >= 4 is 11.9 Å². The van der Waals surface area contributed by atoms with Crippen molar-refractivity contribution in [2.75, 3.05) is 31.1 Å². The van der Waals surface area contributed by atoms with Crippen molar-refractivity contribution in [3.8, 4) is 6.07 Å². The number of carbonyl (C=O) groups excluding carboxylic acids is 1. The van der Waals surface area contributed by atoms with Crippen LogP contribution < -0.4 is 4.90 Å². The summed E-state index contributed by atoms with van der Waals surface area (Å²) in [5.41, 5.74) is 1.89. The molecule has 7 heteroatoms. The molecule has 2 heterocycles. The van der Waals surface area contributed by atoms with Crippen molar-refractivity contribution in [1.29, 1.82) is 5.26 Å². The molecule has 1 saturated heterocycles. The number of rotatable bonds is 3. The quantitative estimate of drug-likeness (QED) is 0.851. The molecule has 1 aromatic carbocycles. The number of carbonyl (C=O) groups is 1. The average Bonchev–Trinajstić information content (AvgIpc) is 2.63. The number of anilines is 1. The van der Waals surface area contributed by atoms with Crippen molar-refractivity contribution < 1.29 is 9.18 Å². The first-order valence-electron chi connectivity index (χ1n) is 8.08. The van der Waals surface area contributed by atoms with Crippen molar-refractivity contribution in [2.45, 2.75) is 13.3 Å². The molecule has 1 amide bonds. The maximum Gasteiger partial charge on any atom is 0.227 e. The molecule has 25 heavy (non-hydrogen) atoms. The predicted octanol–water partition coefficient (Wildman–Crippen LogP) is 1.69. The van der Waals surface area contributed by atoms with Gasteiger partial charge in [-0.2, -0.15) is 5.26 Å². The lowest BCUT2D eigenvalue weighted by atomic mass is 10.1. The zero-order chi connectivity index (χ0) is 17.8. The highest BCUT2D eigenvalue weighted by molar-refractivity contribution is 5.79. The SMILES string of the molecule is Cc1cc(C#N)nc(N2CCN(C(=O)Cc3ccc(F)cc3)CC2)n1. The smallest absolute Gasteiger partial charge is 0.227 e. The summed E-state index contributed by atoms with van der Waals surface area (Å²) in [5, 5.41) is 9.02. The van der Waals surface area contributed by atoms with E-state index in [-0.39, 0.29) is 18.1 Å². The highest BCUT2D eigenvalue weighted by atomic mass is 19.1. The molecular formula is C18H18FN5O. The number of aromatic nitrogens is 2. The van der Waals surface area contributed by atoms with E-state index < -0.39 is 0 Å². The standard InChI is InChI=1S/C18H18FN5O/c1-13-10-16(12-20)22-18(21-13)24-8-6-23(7-9-24)17(25)11-14-2-4-15(19)5-3-14/h2-5,10H,6-9,11H2,1H3. The van der Waals surface area contributed by atoms with Gasteiger partial charge >= 0.3 is 0 Å². The van der Waals surface area contributed by atoms with Crippen LogP contribution in [-0.2, 0) is 11.2 Å². The Morgan fingerprint density at radius 2 is 1.88 bits per heavy atom. The van der Waals surface area contributed by atoms with Crippen LogP contribution >= 0.6 is 0 Å². The predicted molar refractivity (Wildman–Crippen MR) is 90.4 cm³/mol. The van der Waals surface area contributed by atoms with E-state index in [1.165, 1.54) is 12.1 Å². The number of nitrogens with zero attached hydrogens (tertiary/aromatic N) is 5. The molecule has 0 atom stereocenters. The Morgan fingerprint density at radius 3 is 2.52 bits per heavy atom. The number of hydrogen-bond donors (Lipinski definition) is 0. The van der Waals surface area contributed by atoms with Gasteiger partial charge in [0.2, 0.25) is 11.9 Å². The Morgan fingerprint density at radius 1 is 1.20 bits per heavy atom. The number of nitriles is 1. The number of benzene rings is 1. The van der Waals surface area contributed by atoms with Crippen molar-refractivity contribution in [3.63, 3.8) is 0 Å². The van der Waals surface area contributed by atoms with Crippen molar-refractivity contribution in [1.82, 2.24) is 14.9 Å². The topological polar surface area (TPSA) is 73.1 Å². The van der Waals surface area contributed by atoms with Gasteiger partial charge in [0, 0.05) is 31.9 Å². The lowest BCUT2D eigenvalue weighted by Gasteiger charge is -2.35. The van der Waals surface area contributed by atoms with Crippen LogP contribution in [0.5, 0.6) is 0 Å². The summed E-state index contributed by atoms with van der Waals surface area (Å²) in [5.74, 6) is 0.246. The van der Waals surface area contributed by atoms with Gasteiger partial charge in [0.15, 0.2) is 0 Å². The Hall–Kier alpha value is -3.01. The highest BCUT2D eigenvalue weighted by Crippen LogP contribution is 2.14. The first kappa shape index (κ1) is 16.8. The van der Waals surface area contributed by atoms with Gasteiger partial charge in [-0.1, -0.05) is 12.1 Å². The summed E-state index contributed by atoms with van der Waals surface area (Å²) in [4.78, 5) is 24.8. The van der Waals surface area contributed by atoms with E-state index in [0.717, 1.165) is 11.3 Å². The molecule has 1 fully saturated rings. The summed E-state index contributed by atoms with van der Waals surface area (Å²) in [6.45, 7) is 4.19. The summed E-state index contributed by atoms with van der Waals surface area (Å²) in [6.07, 6.45) is 0.264. The minimum atomic E-state index is -0.306. The molecule has 1 aliphatic rings. The third kappa shape index (κ3) is 4.10. The van der Waals surface area contributed by atoms with Crippen LogP contribution in [0.25, 0.3) is 0 Å². The summed E-state index contributed by atoms with van der Waals surface area (Å²) >= 11 is 0. The lowest BCUT2D eigenvalue weighted by Crippen LogP contribution is -2.49. The van der Waals surface area contributed by atoms with Crippen LogP contribution in [0.4, 0.5) is 10.3 Å². The zero-order valence-electron chi connectivity index (χ0n) is 13.9. The van der Waals surface area contributed by atoms with Gasteiger partial charge < -0.3 is 9.80 Å². The Balaban J connectivity index is 1.60. The average molecular weight is 339 g/mol. The van der Waals surface area contributed by atoms with Crippen molar-refractivity contribution in [3.05, 3.63) is 53.1 Å². The van der Waals surface area contributed by atoms with Gasteiger partial charge in [0.05, 0.1) is 6.42 Å². The molecule has 1 aromatic heterocycles. The summed E-state index contributed by atoms with van der Waals surface area (Å²) < 4.78 is 12.9. The minimum Gasteiger partial charge on any atom is -0.339 e. The van der Waals surface area contributed by atoms with Gasteiger partial charge in [-0.15, -0.1) is 0 Å². The molecule has 0 N–H and O–H groups in total. The maximum atomic E-state index is 12.9. The highest BCUT2D eigenvalue weighted by Gasteiger charge is 2.23. The minimum absolute atomic E-state index is 0.0223. The third-order valence-corrected chi connectivity index (χ3v) is 4.14. The van der Waals surface area contributed by atoms with E-state index in [4.69, 9.17) is 5.26 Å². The van der Waals surface area contributed by atoms with E-state index in [0.29, 0.717) is 37.8 Å². The largest absolute Gasteiger partial charge is 0.339 e. The molecule has 6 nitrogen and oxygen atoms in total. The van der Waals surface area contributed by atoms with Crippen LogP contribution in [0, 0.1) is 24.1 Å². The Labute approximate surface area is 145 Å². The molecule has 1 aliphatic heterocycles. The maximum absolute atomic E-state index is 12.9. The molecule has 2 aromatic rings. The van der Waals surface area contributed by atoms with Crippen LogP contribution in [0.3, 0.4) is 0 Å².